The van der Waals surface area contributed by atoms with Gasteiger partial charge in [0.25, 0.3) is 0 Å². The minimum absolute atomic E-state index is 0.0940. The molecule has 0 aliphatic heterocycles. The smallest absolute Gasteiger partial charge is 0.185 e. The van der Waals surface area contributed by atoms with Crippen molar-refractivity contribution in [2.75, 3.05) is 18.5 Å². The summed E-state index contributed by atoms with van der Waals surface area (Å²) in [6, 6.07) is 0. The van der Waals surface area contributed by atoms with Gasteiger partial charge in [0.1, 0.15) is 0 Å². The normalized spacial score (nSPS) is 12.8. The molecule has 0 saturated carbocycles. The molecule has 1 heterocycles. The quantitative estimate of drug-likeness (QED) is 0.884. The Hall–Kier alpha value is -0.610. The Balaban J connectivity index is 3.01. The van der Waals surface area contributed by atoms with Crippen LogP contribution in [0.3, 0.4) is 0 Å². The van der Waals surface area contributed by atoms with Crippen molar-refractivity contribution < 1.29 is 0 Å². The molecule has 0 unspecified atom stereocenters. The molecular formula is C16H31N3S. The first-order chi connectivity index (χ1) is 9.04. The van der Waals surface area contributed by atoms with Crippen LogP contribution in [0.1, 0.15) is 65.5 Å². The summed E-state index contributed by atoms with van der Waals surface area (Å²) >= 11 is 1.83. The van der Waals surface area contributed by atoms with Crippen molar-refractivity contribution in [3.05, 3.63) is 10.6 Å². The lowest BCUT2D eigenvalue weighted by Gasteiger charge is -2.22. The van der Waals surface area contributed by atoms with Crippen molar-refractivity contribution in [3.8, 4) is 0 Å². The van der Waals surface area contributed by atoms with Crippen molar-refractivity contribution >= 4 is 16.5 Å². The van der Waals surface area contributed by atoms with Crippen molar-refractivity contribution in [2.24, 2.45) is 0 Å². The van der Waals surface area contributed by atoms with Crippen LogP contribution < -0.4 is 10.2 Å². The van der Waals surface area contributed by atoms with Crippen LogP contribution in [0.25, 0.3) is 0 Å². The molecule has 1 aromatic heterocycles. The Morgan fingerprint density at radius 3 is 2.20 bits per heavy atom. The summed E-state index contributed by atoms with van der Waals surface area (Å²) in [7, 11) is 2.13. The van der Waals surface area contributed by atoms with Gasteiger partial charge in [0, 0.05) is 36.0 Å². The highest BCUT2D eigenvalue weighted by molar-refractivity contribution is 7.15. The van der Waals surface area contributed by atoms with Gasteiger partial charge in [-0.15, -0.1) is 11.3 Å². The Bertz CT molecular complexity index is 424. The van der Waals surface area contributed by atoms with Crippen molar-refractivity contribution in [1.29, 1.82) is 0 Å². The molecule has 0 spiro atoms. The van der Waals surface area contributed by atoms with Crippen LogP contribution in [-0.4, -0.2) is 24.1 Å². The summed E-state index contributed by atoms with van der Waals surface area (Å²) in [5.41, 5.74) is 1.46. The van der Waals surface area contributed by atoms with E-state index in [1.807, 2.05) is 11.3 Å². The molecule has 0 aromatic carbocycles. The van der Waals surface area contributed by atoms with Gasteiger partial charge < -0.3 is 10.2 Å². The van der Waals surface area contributed by atoms with Gasteiger partial charge in [-0.1, -0.05) is 27.7 Å². The Morgan fingerprint density at radius 1 is 1.15 bits per heavy atom. The predicted molar refractivity (Wildman–Crippen MR) is 91.0 cm³/mol. The summed E-state index contributed by atoms with van der Waals surface area (Å²) in [5.74, 6) is 0. The maximum absolute atomic E-state index is 4.91. The summed E-state index contributed by atoms with van der Waals surface area (Å²) in [5, 5.41) is 4.73. The van der Waals surface area contributed by atoms with E-state index in [1.165, 1.54) is 10.6 Å². The molecule has 0 radical (unpaired) electrons. The molecule has 116 valence electrons. The highest BCUT2D eigenvalue weighted by atomic mass is 32.1. The predicted octanol–water partition coefficient (Wildman–Crippen LogP) is 4.17. The zero-order valence-electron chi connectivity index (χ0n) is 14.4. The van der Waals surface area contributed by atoms with Gasteiger partial charge in [-0.2, -0.15) is 0 Å². The van der Waals surface area contributed by atoms with E-state index in [1.54, 1.807) is 0 Å². The molecule has 0 atom stereocenters. The number of thiazole rings is 1. The molecule has 0 aliphatic rings. The van der Waals surface area contributed by atoms with Gasteiger partial charge in [0.15, 0.2) is 5.13 Å². The number of hydrogen-bond donors (Lipinski definition) is 1. The van der Waals surface area contributed by atoms with E-state index in [2.05, 4.69) is 65.7 Å². The second-order valence-electron chi connectivity index (χ2n) is 7.54. The molecule has 1 aromatic rings. The van der Waals surface area contributed by atoms with E-state index in [0.29, 0.717) is 0 Å². The Kier molecular flexibility index (Phi) is 5.61. The van der Waals surface area contributed by atoms with E-state index in [-0.39, 0.29) is 11.0 Å². The Labute approximate surface area is 128 Å². The zero-order valence-corrected chi connectivity index (χ0v) is 15.2. The summed E-state index contributed by atoms with van der Waals surface area (Å²) in [4.78, 5) is 8.54. The summed E-state index contributed by atoms with van der Waals surface area (Å²) in [6.45, 7) is 17.5. The lowest BCUT2D eigenvalue weighted by atomic mass is 9.91. The molecule has 0 aliphatic carbocycles. The van der Waals surface area contributed by atoms with Gasteiger partial charge in [0.2, 0.25) is 0 Å². The SMILES string of the molecule is CCCN(C)c1nc(C(C)(C)C)c(CNC(C)(C)C)s1. The fourth-order valence-corrected chi connectivity index (χ4v) is 3.18. The van der Waals surface area contributed by atoms with Crippen LogP contribution in [0, 0.1) is 0 Å². The van der Waals surface area contributed by atoms with E-state index in [0.717, 1.165) is 24.6 Å². The van der Waals surface area contributed by atoms with Gasteiger partial charge >= 0.3 is 0 Å². The number of nitrogens with one attached hydrogen (secondary N) is 1. The van der Waals surface area contributed by atoms with Crippen LogP contribution in [0.2, 0.25) is 0 Å². The first-order valence-electron chi connectivity index (χ1n) is 7.51. The number of nitrogens with zero attached hydrogens (tertiary/aromatic N) is 2. The van der Waals surface area contributed by atoms with Gasteiger partial charge in [-0.3, -0.25) is 0 Å². The second-order valence-corrected chi connectivity index (χ2v) is 8.61. The topological polar surface area (TPSA) is 28.2 Å². The van der Waals surface area contributed by atoms with Crippen LogP contribution in [0.15, 0.2) is 0 Å². The van der Waals surface area contributed by atoms with E-state index in [4.69, 9.17) is 4.98 Å². The first-order valence-corrected chi connectivity index (χ1v) is 8.32. The lowest BCUT2D eigenvalue weighted by molar-refractivity contribution is 0.422. The maximum atomic E-state index is 4.91. The monoisotopic (exact) mass is 297 g/mol. The van der Waals surface area contributed by atoms with Gasteiger partial charge in [-0.05, 0) is 27.2 Å². The lowest BCUT2D eigenvalue weighted by Crippen LogP contribution is -2.35. The minimum atomic E-state index is 0.0940. The van der Waals surface area contributed by atoms with Crippen molar-refractivity contribution in [2.45, 2.75) is 72.4 Å². The molecule has 0 fully saturated rings. The highest BCUT2D eigenvalue weighted by Crippen LogP contribution is 2.33. The van der Waals surface area contributed by atoms with Crippen LogP contribution in [-0.2, 0) is 12.0 Å². The number of aromatic nitrogens is 1. The summed E-state index contributed by atoms with van der Waals surface area (Å²) in [6.07, 6.45) is 1.15. The third-order valence-electron chi connectivity index (χ3n) is 3.06. The average Bonchev–Trinajstić information content (AvgIpc) is 2.69. The average molecular weight is 298 g/mol. The molecule has 20 heavy (non-hydrogen) atoms. The van der Waals surface area contributed by atoms with Gasteiger partial charge in [0.05, 0.1) is 5.69 Å². The molecular weight excluding hydrogens is 266 g/mol. The molecule has 1 rings (SSSR count). The molecule has 4 heteroatoms. The van der Waals surface area contributed by atoms with Gasteiger partial charge in [-0.25, -0.2) is 4.98 Å². The van der Waals surface area contributed by atoms with Crippen LogP contribution >= 0.6 is 11.3 Å². The Morgan fingerprint density at radius 2 is 1.75 bits per heavy atom. The molecule has 0 bridgehead atoms. The standard InChI is InChI=1S/C16H31N3S/c1-9-10-19(8)14-18-13(15(2,3)4)12(20-14)11-17-16(5,6)7/h17H,9-11H2,1-8H3. The molecule has 1 N–H and O–H groups in total. The zero-order chi connectivity index (χ0) is 15.6. The fraction of sp³-hybridized carbons (Fsp3) is 0.812. The maximum Gasteiger partial charge on any atom is 0.185 e. The molecule has 0 saturated heterocycles. The molecule has 3 nitrogen and oxygen atoms in total. The third-order valence-corrected chi connectivity index (χ3v) is 4.23. The second kappa shape index (κ2) is 6.44. The number of anilines is 1. The first kappa shape index (κ1) is 17.4. The summed E-state index contributed by atoms with van der Waals surface area (Å²) < 4.78 is 0. The van der Waals surface area contributed by atoms with Crippen LogP contribution in [0.5, 0.6) is 0 Å². The molecule has 0 amide bonds. The van der Waals surface area contributed by atoms with Crippen molar-refractivity contribution in [3.63, 3.8) is 0 Å². The van der Waals surface area contributed by atoms with E-state index >= 15 is 0 Å². The highest BCUT2D eigenvalue weighted by Gasteiger charge is 2.24. The van der Waals surface area contributed by atoms with E-state index in [9.17, 15) is 0 Å². The number of rotatable bonds is 5. The third kappa shape index (κ3) is 5.06. The minimum Gasteiger partial charge on any atom is -0.351 e. The number of hydrogen-bond acceptors (Lipinski definition) is 4. The van der Waals surface area contributed by atoms with E-state index < -0.39 is 0 Å². The fourth-order valence-electron chi connectivity index (χ4n) is 1.98. The van der Waals surface area contributed by atoms with Crippen molar-refractivity contribution in [1.82, 2.24) is 10.3 Å². The largest absolute Gasteiger partial charge is 0.351 e. The van der Waals surface area contributed by atoms with Crippen LogP contribution in [0.4, 0.5) is 5.13 Å².